The molecule has 1 heterocycles. The molecule has 0 aliphatic heterocycles. The van der Waals surface area contributed by atoms with Gasteiger partial charge in [0.15, 0.2) is 0 Å². The largest absolute Gasteiger partial charge is 0.391 e. The first-order valence-corrected chi connectivity index (χ1v) is 4.79. The van der Waals surface area contributed by atoms with Crippen molar-refractivity contribution in [3.05, 3.63) is 58.3 Å². The van der Waals surface area contributed by atoms with Gasteiger partial charge in [-0.25, -0.2) is 4.39 Å². The lowest BCUT2D eigenvalue weighted by atomic mass is 10.1. The summed E-state index contributed by atoms with van der Waals surface area (Å²) in [5, 5.41) is 8.95. The van der Waals surface area contributed by atoms with E-state index in [1.165, 1.54) is 18.3 Å². The lowest BCUT2D eigenvalue weighted by Crippen LogP contribution is -2.11. The maximum absolute atomic E-state index is 13.5. The lowest BCUT2D eigenvalue weighted by molar-refractivity contribution is 0.280. The van der Waals surface area contributed by atoms with Gasteiger partial charge in [-0.05, 0) is 12.1 Å². The molecule has 4 heteroatoms. The molecule has 0 amide bonds. The van der Waals surface area contributed by atoms with Gasteiger partial charge in [0.05, 0.1) is 6.61 Å². The van der Waals surface area contributed by atoms with Crippen molar-refractivity contribution in [2.24, 2.45) is 0 Å². The Kier molecular flexibility index (Phi) is 2.83. The Morgan fingerprint density at radius 3 is 2.75 bits per heavy atom. The van der Waals surface area contributed by atoms with E-state index < -0.39 is 0 Å². The van der Waals surface area contributed by atoms with Crippen LogP contribution in [0.2, 0.25) is 0 Å². The highest BCUT2D eigenvalue weighted by Crippen LogP contribution is 2.21. The maximum atomic E-state index is 13.5. The molecule has 0 fully saturated rings. The van der Waals surface area contributed by atoms with Gasteiger partial charge in [-0.1, -0.05) is 18.2 Å². The van der Waals surface area contributed by atoms with Crippen LogP contribution < -0.4 is 5.56 Å². The van der Waals surface area contributed by atoms with E-state index in [4.69, 9.17) is 5.11 Å². The van der Waals surface area contributed by atoms with E-state index in [9.17, 15) is 9.18 Å². The van der Waals surface area contributed by atoms with Gasteiger partial charge in [0.2, 0.25) is 0 Å². The quantitative estimate of drug-likeness (QED) is 0.807. The Bertz CT molecular complexity index is 563. The molecule has 1 aromatic heterocycles. The molecular weight excluding hydrogens is 209 g/mol. The van der Waals surface area contributed by atoms with Crippen LogP contribution in [0.25, 0.3) is 11.1 Å². The van der Waals surface area contributed by atoms with Gasteiger partial charge >= 0.3 is 0 Å². The van der Waals surface area contributed by atoms with Crippen LogP contribution in [0, 0.1) is 5.82 Å². The molecule has 3 nitrogen and oxygen atoms in total. The van der Waals surface area contributed by atoms with Crippen molar-refractivity contribution in [3.63, 3.8) is 0 Å². The van der Waals surface area contributed by atoms with E-state index in [1.807, 2.05) is 0 Å². The molecule has 2 N–H and O–H groups in total. The topological polar surface area (TPSA) is 53.1 Å². The number of hydrogen-bond donors (Lipinski definition) is 2. The second-order valence-corrected chi connectivity index (χ2v) is 3.38. The molecule has 0 saturated carbocycles. The zero-order valence-corrected chi connectivity index (χ0v) is 8.40. The highest BCUT2D eigenvalue weighted by atomic mass is 19.1. The van der Waals surface area contributed by atoms with Gasteiger partial charge in [-0.2, -0.15) is 0 Å². The standard InChI is InChI=1S/C12H10FNO2/c13-11-4-2-1-3-10(11)8-5-9(7-15)12(16)14-6-8/h1-6,15H,7H2,(H,14,16). The van der Waals surface area contributed by atoms with Crippen LogP contribution in [0.1, 0.15) is 5.56 Å². The van der Waals surface area contributed by atoms with Crippen molar-refractivity contribution < 1.29 is 9.50 Å². The summed E-state index contributed by atoms with van der Waals surface area (Å²) in [5.41, 5.74) is 0.804. The number of halogens is 1. The Morgan fingerprint density at radius 1 is 1.31 bits per heavy atom. The van der Waals surface area contributed by atoms with Crippen LogP contribution in [0.5, 0.6) is 0 Å². The van der Waals surface area contributed by atoms with Crippen LogP contribution in [0.4, 0.5) is 4.39 Å². The predicted octanol–water partition coefficient (Wildman–Crippen LogP) is 1.67. The van der Waals surface area contributed by atoms with Crippen LogP contribution in [-0.4, -0.2) is 10.1 Å². The minimum Gasteiger partial charge on any atom is -0.391 e. The average molecular weight is 219 g/mol. The number of aliphatic hydroxyl groups excluding tert-OH is 1. The van der Waals surface area contributed by atoms with Crippen molar-refractivity contribution >= 4 is 0 Å². The van der Waals surface area contributed by atoms with Crippen LogP contribution in [-0.2, 0) is 6.61 Å². The van der Waals surface area contributed by atoms with Gasteiger partial charge in [-0.3, -0.25) is 4.79 Å². The predicted molar refractivity (Wildman–Crippen MR) is 58.4 cm³/mol. The summed E-state index contributed by atoms with van der Waals surface area (Å²) in [5.74, 6) is -0.363. The zero-order valence-electron chi connectivity index (χ0n) is 8.40. The third-order valence-corrected chi connectivity index (χ3v) is 2.34. The molecule has 2 rings (SSSR count). The first-order chi connectivity index (χ1) is 7.72. The maximum Gasteiger partial charge on any atom is 0.253 e. The second-order valence-electron chi connectivity index (χ2n) is 3.38. The molecule has 16 heavy (non-hydrogen) atoms. The van der Waals surface area contributed by atoms with Crippen LogP contribution in [0.15, 0.2) is 41.3 Å². The number of aromatic amines is 1. The van der Waals surface area contributed by atoms with Gasteiger partial charge in [0.1, 0.15) is 5.82 Å². The molecule has 0 atom stereocenters. The highest BCUT2D eigenvalue weighted by Gasteiger charge is 2.06. The summed E-state index contributed by atoms with van der Waals surface area (Å²) in [6, 6.07) is 7.75. The molecule has 82 valence electrons. The average Bonchev–Trinajstić information content (AvgIpc) is 2.31. The third-order valence-electron chi connectivity index (χ3n) is 2.34. The van der Waals surface area contributed by atoms with E-state index in [1.54, 1.807) is 18.2 Å². The number of aromatic nitrogens is 1. The Morgan fingerprint density at radius 2 is 2.06 bits per heavy atom. The number of hydrogen-bond acceptors (Lipinski definition) is 2. The minimum atomic E-state index is -0.363. The fourth-order valence-electron chi connectivity index (χ4n) is 1.50. The Balaban J connectivity index is 2.57. The van der Waals surface area contributed by atoms with Gasteiger partial charge in [0.25, 0.3) is 5.56 Å². The summed E-state index contributed by atoms with van der Waals surface area (Å²) in [6.45, 7) is -0.363. The summed E-state index contributed by atoms with van der Waals surface area (Å²) < 4.78 is 13.5. The summed E-state index contributed by atoms with van der Waals surface area (Å²) in [7, 11) is 0. The Hall–Kier alpha value is -1.94. The second kappa shape index (κ2) is 4.28. The number of pyridine rings is 1. The van der Waals surface area contributed by atoms with E-state index >= 15 is 0 Å². The van der Waals surface area contributed by atoms with E-state index in [2.05, 4.69) is 4.98 Å². The number of aliphatic hydroxyl groups is 1. The van der Waals surface area contributed by atoms with E-state index in [0.29, 0.717) is 11.1 Å². The fraction of sp³-hybridized carbons (Fsp3) is 0.0833. The first-order valence-electron chi connectivity index (χ1n) is 4.79. The third kappa shape index (κ3) is 1.87. The molecule has 0 aliphatic carbocycles. The van der Waals surface area contributed by atoms with E-state index in [0.717, 1.165) is 0 Å². The van der Waals surface area contributed by atoms with Gasteiger partial charge in [-0.15, -0.1) is 0 Å². The summed E-state index contributed by atoms with van der Waals surface area (Å²) >= 11 is 0. The molecule has 0 aliphatic rings. The molecular formula is C12H10FNO2. The zero-order chi connectivity index (χ0) is 11.5. The SMILES string of the molecule is O=c1[nH]cc(-c2ccccc2F)cc1CO. The number of rotatable bonds is 2. The molecule has 0 spiro atoms. The summed E-state index contributed by atoms with van der Waals surface area (Å²) in [6.07, 6.45) is 1.43. The van der Waals surface area contributed by atoms with Gasteiger partial charge < -0.3 is 10.1 Å². The van der Waals surface area contributed by atoms with Crippen molar-refractivity contribution in [2.45, 2.75) is 6.61 Å². The summed E-state index contributed by atoms with van der Waals surface area (Å²) in [4.78, 5) is 13.7. The fourth-order valence-corrected chi connectivity index (χ4v) is 1.50. The van der Waals surface area contributed by atoms with Crippen LogP contribution in [0.3, 0.4) is 0 Å². The van der Waals surface area contributed by atoms with Crippen molar-refractivity contribution in [1.82, 2.24) is 4.98 Å². The monoisotopic (exact) mass is 219 g/mol. The van der Waals surface area contributed by atoms with Gasteiger partial charge in [0, 0.05) is 22.9 Å². The number of nitrogens with one attached hydrogen (secondary N) is 1. The lowest BCUT2D eigenvalue weighted by Gasteiger charge is -2.04. The van der Waals surface area contributed by atoms with Crippen molar-refractivity contribution in [2.75, 3.05) is 0 Å². The van der Waals surface area contributed by atoms with Crippen LogP contribution >= 0.6 is 0 Å². The molecule has 0 unspecified atom stereocenters. The normalized spacial score (nSPS) is 10.4. The number of benzene rings is 1. The molecule has 1 aromatic carbocycles. The molecule has 0 saturated heterocycles. The minimum absolute atomic E-state index is 0.223. The Labute approximate surface area is 91.2 Å². The smallest absolute Gasteiger partial charge is 0.253 e. The molecule has 0 bridgehead atoms. The number of H-pyrrole nitrogens is 1. The van der Waals surface area contributed by atoms with Crippen molar-refractivity contribution in [1.29, 1.82) is 0 Å². The van der Waals surface area contributed by atoms with Crippen molar-refractivity contribution in [3.8, 4) is 11.1 Å². The highest BCUT2D eigenvalue weighted by molar-refractivity contribution is 5.63. The molecule has 2 aromatic rings. The molecule has 0 radical (unpaired) electrons. The van der Waals surface area contributed by atoms with E-state index in [-0.39, 0.29) is 23.5 Å². The first kappa shape index (κ1) is 10.6.